The van der Waals surface area contributed by atoms with Crippen molar-refractivity contribution in [3.05, 3.63) is 58.1 Å². The number of rotatable bonds is 7. The summed E-state index contributed by atoms with van der Waals surface area (Å²) in [6.07, 6.45) is 0. The first-order valence-electron chi connectivity index (χ1n) is 7.31. The Balaban J connectivity index is 1.89. The third-order valence-electron chi connectivity index (χ3n) is 3.24. The van der Waals surface area contributed by atoms with Crippen LogP contribution in [0.15, 0.2) is 42.5 Å². The Bertz CT molecular complexity index is 707. The molecule has 0 aliphatic rings. The third kappa shape index (κ3) is 6.16. The molecule has 8 heteroatoms. The highest BCUT2D eigenvalue weighted by molar-refractivity contribution is 6.39. The van der Waals surface area contributed by atoms with Gasteiger partial charge < -0.3 is 10.1 Å². The van der Waals surface area contributed by atoms with Crippen molar-refractivity contribution >= 4 is 34.8 Å². The van der Waals surface area contributed by atoms with Crippen molar-refractivity contribution in [2.24, 2.45) is 0 Å². The number of hydrogen-bond acceptors (Lipinski definition) is 3. The maximum atomic E-state index is 12.1. The predicted molar refractivity (Wildman–Crippen MR) is 94.5 cm³/mol. The van der Waals surface area contributed by atoms with Gasteiger partial charge in [0, 0.05) is 6.54 Å². The second-order valence-electron chi connectivity index (χ2n) is 5.34. The quantitative estimate of drug-likeness (QED) is 0.749. The van der Waals surface area contributed by atoms with E-state index in [4.69, 9.17) is 23.2 Å². The second kappa shape index (κ2) is 8.99. The first kappa shape index (κ1) is 19.4. The third-order valence-corrected chi connectivity index (χ3v) is 3.87. The minimum Gasteiger partial charge on any atom is -0.435 e. The van der Waals surface area contributed by atoms with Crippen LogP contribution < -0.4 is 10.1 Å². The van der Waals surface area contributed by atoms with Crippen LogP contribution in [0.1, 0.15) is 5.56 Å². The van der Waals surface area contributed by atoms with Gasteiger partial charge in [0.25, 0.3) is 0 Å². The van der Waals surface area contributed by atoms with Crippen LogP contribution in [0.3, 0.4) is 0 Å². The van der Waals surface area contributed by atoms with E-state index in [-0.39, 0.29) is 18.2 Å². The summed E-state index contributed by atoms with van der Waals surface area (Å²) >= 11 is 12.0. The monoisotopic (exact) mass is 388 g/mol. The molecule has 1 amide bonds. The van der Waals surface area contributed by atoms with E-state index < -0.39 is 6.61 Å². The Labute approximate surface area is 154 Å². The number of hydrogen-bond donors (Lipinski definition) is 1. The molecule has 0 atom stereocenters. The lowest BCUT2D eigenvalue weighted by Gasteiger charge is -2.17. The average molecular weight is 389 g/mol. The van der Waals surface area contributed by atoms with E-state index in [1.54, 1.807) is 42.3 Å². The van der Waals surface area contributed by atoms with Gasteiger partial charge in [0.15, 0.2) is 0 Å². The summed E-state index contributed by atoms with van der Waals surface area (Å²) in [5.41, 5.74) is 1.23. The molecule has 1 N–H and O–H groups in total. The lowest BCUT2D eigenvalue weighted by atomic mass is 10.2. The van der Waals surface area contributed by atoms with Gasteiger partial charge >= 0.3 is 6.61 Å². The first-order valence-corrected chi connectivity index (χ1v) is 8.07. The molecule has 2 aromatic carbocycles. The van der Waals surface area contributed by atoms with Crippen molar-refractivity contribution in [1.29, 1.82) is 0 Å². The van der Waals surface area contributed by atoms with Crippen LogP contribution in [-0.2, 0) is 11.3 Å². The normalized spacial score (nSPS) is 11.0. The number of likely N-dealkylation sites (N-methyl/N-ethyl adjacent to an activating group) is 1. The fraction of sp³-hybridized carbons (Fsp3) is 0.235. The minimum absolute atomic E-state index is 0.0903. The highest BCUT2D eigenvalue weighted by Gasteiger charge is 2.12. The highest BCUT2D eigenvalue weighted by atomic mass is 35.5. The van der Waals surface area contributed by atoms with Gasteiger partial charge in [0.1, 0.15) is 5.75 Å². The van der Waals surface area contributed by atoms with Crippen LogP contribution >= 0.6 is 23.2 Å². The van der Waals surface area contributed by atoms with Crippen LogP contribution in [0.25, 0.3) is 0 Å². The summed E-state index contributed by atoms with van der Waals surface area (Å²) < 4.78 is 28.5. The molecule has 0 saturated heterocycles. The number of ether oxygens (including phenoxy) is 1. The number of halogens is 4. The maximum Gasteiger partial charge on any atom is 0.387 e. The Hall–Kier alpha value is -1.89. The Morgan fingerprint density at radius 1 is 1.16 bits per heavy atom. The zero-order chi connectivity index (χ0) is 18.4. The van der Waals surface area contributed by atoms with Gasteiger partial charge in [-0.3, -0.25) is 9.69 Å². The van der Waals surface area contributed by atoms with E-state index in [0.29, 0.717) is 22.3 Å². The van der Waals surface area contributed by atoms with Crippen molar-refractivity contribution in [1.82, 2.24) is 4.90 Å². The number of amides is 1. The molecule has 0 bridgehead atoms. The van der Waals surface area contributed by atoms with Crippen LogP contribution in [0.2, 0.25) is 10.0 Å². The van der Waals surface area contributed by atoms with Gasteiger partial charge in [-0.15, -0.1) is 0 Å². The molecule has 0 spiro atoms. The summed E-state index contributed by atoms with van der Waals surface area (Å²) in [7, 11) is 1.76. The zero-order valence-electron chi connectivity index (χ0n) is 13.3. The molecule has 2 rings (SSSR count). The molecule has 0 heterocycles. The Morgan fingerprint density at radius 2 is 1.76 bits per heavy atom. The number of benzene rings is 2. The topological polar surface area (TPSA) is 41.6 Å². The number of carbonyl (C=O) groups excluding carboxylic acids is 1. The van der Waals surface area contributed by atoms with Crippen molar-refractivity contribution in [2.75, 3.05) is 18.9 Å². The van der Waals surface area contributed by atoms with E-state index in [1.807, 2.05) is 0 Å². The first-order chi connectivity index (χ1) is 11.8. The molecule has 0 saturated carbocycles. The number of anilines is 1. The fourth-order valence-corrected chi connectivity index (χ4v) is 2.68. The largest absolute Gasteiger partial charge is 0.435 e. The molecular formula is C17H16Cl2F2N2O2. The molecule has 0 radical (unpaired) electrons. The van der Waals surface area contributed by atoms with Gasteiger partial charge in [-0.1, -0.05) is 41.4 Å². The number of nitrogens with one attached hydrogen (secondary N) is 1. The lowest BCUT2D eigenvalue weighted by Crippen LogP contribution is -2.30. The summed E-state index contributed by atoms with van der Waals surface area (Å²) in [4.78, 5) is 13.9. The maximum absolute atomic E-state index is 12.1. The zero-order valence-corrected chi connectivity index (χ0v) is 14.8. The van der Waals surface area contributed by atoms with E-state index in [1.165, 1.54) is 12.1 Å². The summed E-state index contributed by atoms with van der Waals surface area (Å²) in [6, 6.07) is 11.2. The smallest absolute Gasteiger partial charge is 0.387 e. The van der Waals surface area contributed by atoms with Gasteiger partial charge in [0.05, 0.1) is 22.3 Å². The van der Waals surface area contributed by atoms with E-state index in [2.05, 4.69) is 10.1 Å². The molecule has 0 fully saturated rings. The molecule has 2 aromatic rings. The van der Waals surface area contributed by atoms with Gasteiger partial charge in [0.2, 0.25) is 5.91 Å². The molecular weight excluding hydrogens is 373 g/mol. The molecule has 0 aliphatic heterocycles. The van der Waals surface area contributed by atoms with E-state index in [9.17, 15) is 13.6 Å². The van der Waals surface area contributed by atoms with Crippen LogP contribution in [0, 0.1) is 0 Å². The number of carbonyl (C=O) groups is 1. The number of alkyl halides is 2. The van der Waals surface area contributed by atoms with Gasteiger partial charge in [-0.2, -0.15) is 8.78 Å². The SMILES string of the molecule is CN(CC(=O)Nc1c(Cl)cccc1Cl)Cc1ccc(OC(F)F)cc1. The van der Waals surface area contributed by atoms with Gasteiger partial charge in [-0.05, 0) is 36.9 Å². The highest BCUT2D eigenvalue weighted by Crippen LogP contribution is 2.29. The number of para-hydroxylation sites is 1. The predicted octanol–water partition coefficient (Wildman–Crippen LogP) is 4.67. The summed E-state index contributed by atoms with van der Waals surface area (Å²) in [6.45, 7) is -2.29. The second-order valence-corrected chi connectivity index (χ2v) is 6.15. The van der Waals surface area contributed by atoms with Crippen molar-refractivity contribution in [2.45, 2.75) is 13.2 Å². The molecule has 0 unspecified atom stereocenters. The van der Waals surface area contributed by atoms with E-state index >= 15 is 0 Å². The summed E-state index contributed by atoms with van der Waals surface area (Å²) in [5, 5.41) is 3.40. The average Bonchev–Trinajstić information content (AvgIpc) is 2.52. The molecule has 0 aliphatic carbocycles. The van der Waals surface area contributed by atoms with Crippen LogP contribution in [0.4, 0.5) is 14.5 Å². The molecule has 134 valence electrons. The van der Waals surface area contributed by atoms with Crippen molar-refractivity contribution in [3.63, 3.8) is 0 Å². The van der Waals surface area contributed by atoms with Crippen molar-refractivity contribution in [3.8, 4) is 5.75 Å². The molecule has 0 aromatic heterocycles. The Kier molecular flexibility index (Phi) is 6.99. The van der Waals surface area contributed by atoms with E-state index in [0.717, 1.165) is 5.56 Å². The standard InChI is InChI=1S/C17H16Cl2F2N2O2/c1-23(9-11-5-7-12(8-6-11)25-17(20)21)10-15(24)22-16-13(18)3-2-4-14(16)19/h2-8,17H,9-10H2,1H3,(H,22,24). The molecule has 4 nitrogen and oxygen atoms in total. The summed E-state index contributed by atoms with van der Waals surface area (Å²) in [5.74, 6) is -0.178. The minimum atomic E-state index is -2.85. The van der Waals surface area contributed by atoms with Crippen molar-refractivity contribution < 1.29 is 18.3 Å². The molecule has 25 heavy (non-hydrogen) atoms. The van der Waals surface area contributed by atoms with Crippen LogP contribution in [0.5, 0.6) is 5.75 Å². The Morgan fingerprint density at radius 3 is 2.32 bits per heavy atom. The lowest BCUT2D eigenvalue weighted by molar-refractivity contribution is -0.117. The van der Waals surface area contributed by atoms with Gasteiger partial charge in [-0.25, -0.2) is 0 Å². The van der Waals surface area contributed by atoms with Crippen LogP contribution in [-0.4, -0.2) is 31.0 Å². The fourth-order valence-electron chi connectivity index (χ4n) is 2.19. The number of nitrogens with zero attached hydrogens (tertiary/aromatic N) is 1.